The van der Waals surface area contributed by atoms with Crippen LogP contribution in [0.3, 0.4) is 0 Å². The number of nitrogens with zero attached hydrogens (tertiary/aromatic N) is 3. The van der Waals surface area contributed by atoms with E-state index in [9.17, 15) is 9.59 Å². The highest BCUT2D eigenvalue weighted by atomic mass is 127. The molecule has 0 radical (unpaired) electrons. The number of hydrogen-bond acceptors (Lipinski definition) is 7. The normalized spacial score (nSPS) is 10.9. The molecule has 0 bridgehead atoms. The molecule has 3 rings (SSSR count). The van der Waals surface area contributed by atoms with E-state index in [1.165, 1.54) is 17.8 Å². The second kappa shape index (κ2) is 13.3. The molecule has 9 nitrogen and oxygen atoms in total. The van der Waals surface area contributed by atoms with Crippen LogP contribution >= 0.6 is 34.4 Å². The number of aryl methyl sites for hydroxylation is 1. The molecule has 0 aliphatic rings. The van der Waals surface area contributed by atoms with Gasteiger partial charge in [0, 0.05) is 21.9 Å². The number of carbonyl (C=O) groups is 2. The molecule has 1 heterocycles. The third kappa shape index (κ3) is 7.47. The first-order valence-corrected chi connectivity index (χ1v) is 13.2. The fraction of sp³-hybridized carbons (Fsp3) is 0.280. The lowest BCUT2D eigenvalue weighted by Gasteiger charge is -2.10. The minimum Gasteiger partial charge on any atom is -0.493 e. The molecule has 0 spiro atoms. The molecule has 3 aromatic rings. The Labute approximate surface area is 228 Å². The summed E-state index contributed by atoms with van der Waals surface area (Å²) >= 11 is 3.54. The number of halogens is 1. The van der Waals surface area contributed by atoms with Crippen LogP contribution in [0.15, 0.2) is 47.6 Å². The number of ether oxygens (including phenoxy) is 2. The van der Waals surface area contributed by atoms with Crippen LogP contribution in [0.4, 0.5) is 5.69 Å². The average Bonchev–Trinajstić information content (AvgIpc) is 3.28. The van der Waals surface area contributed by atoms with Gasteiger partial charge in [0.25, 0.3) is 0 Å². The van der Waals surface area contributed by atoms with Gasteiger partial charge in [-0.25, -0.2) is 0 Å². The number of benzene rings is 2. The maximum absolute atomic E-state index is 12.4. The van der Waals surface area contributed by atoms with E-state index >= 15 is 0 Å². The molecular formula is C25H28IN5O4S. The number of anilines is 1. The summed E-state index contributed by atoms with van der Waals surface area (Å²) in [6.07, 6.45) is 3.14. The Morgan fingerprint density at radius 1 is 1.11 bits per heavy atom. The van der Waals surface area contributed by atoms with Crippen LogP contribution in [0.5, 0.6) is 11.5 Å². The van der Waals surface area contributed by atoms with E-state index in [1.807, 2.05) is 42.7 Å². The van der Waals surface area contributed by atoms with Crippen molar-refractivity contribution in [1.29, 1.82) is 0 Å². The van der Waals surface area contributed by atoms with Crippen molar-refractivity contribution < 1.29 is 19.1 Å². The number of amides is 2. The van der Waals surface area contributed by atoms with Crippen molar-refractivity contribution in [3.63, 3.8) is 0 Å². The van der Waals surface area contributed by atoms with Crippen LogP contribution in [-0.4, -0.2) is 46.6 Å². The molecule has 2 amide bonds. The molecule has 0 aliphatic carbocycles. The molecule has 2 aromatic carbocycles. The van der Waals surface area contributed by atoms with E-state index in [0.717, 1.165) is 20.4 Å². The van der Waals surface area contributed by atoms with Crippen LogP contribution in [-0.2, 0) is 22.7 Å². The van der Waals surface area contributed by atoms with Crippen LogP contribution in [0.25, 0.3) is 6.08 Å². The zero-order valence-corrected chi connectivity index (χ0v) is 23.5. The van der Waals surface area contributed by atoms with Gasteiger partial charge in [0.05, 0.1) is 26.5 Å². The Bertz CT molecular complexity index is 1260. The highest BCUT2D eigenvalue weighted by Gasteiger charge is 2.14. The number of thioether (sulfide) groups is 1. The molecule has 0 fully saturated rings. The molecular weight excluding hydrogens is 593 g/mol. The first-order chi connectivity index (χ1) is 17.3. The van der Waals surface area contributed by atoms with Crippen molar-refractivity contribution in [2.45, 2.75) is 32.1 Å². The molecule has 0 aliphatic heterocycles. The molecule has 2 N–H and O–H groups in total. The van der Waals surface area contributed by atoms with Crippen molar-refractivity contribution in [2.24, 2.45) is 0 Å². The minimum absolute atomic E-state index is 0.120. The molecule has 0 atom stereocenters. The number of carbonyl (C=O) groups excluding carboxylic acids is 2. The summed E-state index contributed by atoms with van der Waals surface area (Å²) in [6.45, 7) is 4.75. The lowest BCUT2D eigenvalue weighted by molar-refractivity contribution is -0.116. The average molecular weight is 622 g/mol. The zero-order valence-electron chi connectivity index (χ0n) is 20.5. The summed E-state index contributed by atoms with van der Waals surface area (Å²) in [7, 11) is 3.13. The van der Waals surface area contributed by atoms with Gasteiger partial charge in [0.2, 0.25) is 11.8 Å². The minimum atomic E-state index is -0.267. The molecule has 1 aromatic heterocycles. The summed E-state index contributed by atoms with van der Waals surface area (Å²) < 4.78 is 13.5. The van der Waals surface area contributed by atoms with Gasteiger partial charge in [0.1, 0.15) is 0 Å². The topological polar surface area (TPSA) is 107 Å². The van der Waals surface area contributed by atoms with Crippen molar-refractivity contribution in [2.75, 3.05) is 25.3 Å². The first kappa shape index (κ1) is 27.5. The van der Waals surface area contributed by atoms with Crippen molar-refractivity contribution in [3.05, 3.63) is 63.0 Å². The number of aromatic nitrogens is 3. The quantitative estimate of drug-likeness (QED) is 0.187. The second-order valence-corrected chi connectivity index (χ2v) is 9.79. The summed E-state index contributed by atoms with van der Waals surface area (Å²) in [6, 6.07) is 11.3. The number of nitrogens with one attached hydrogen (secondary N) is 2. The lowest BCUT2D eigenvalue weighted by Crippen LogP contribution is -2.22. The number of hydrogen-bond donors (Lipinski definition) is 2. The van der Waals surface area contributed by atoms with Gasteiger partial charge in [-0.05, 0) is 84.0 Å². The summed E-state index contributed by atoms with van der Waals surface area (Å²) in [5.41, 5.74) is 2.61. The van der Waals surface area contributed by atoms with E-state index < -0.39 is 0 Å². The van der Waals surface area contributed by atoms with Crippen LogP contribution < -0.4 is 20.1 Å². The maximum Gasteiger partial charge on any atom is 0.244 e. The number of methoxy groups -OCH3 is 2. The van der Waals surface area contributed by atoms with Gasteiger partial charge in [0.15, 0.2) is 22.5 Å². The maximum atomic E-state index is 12.4. The fourth-order valence-electron chi connectivity index (χ4n) is 3.31. The molecule has 36 heavy (non-hydrogen) atoms. The van der Waals surface area contributed by atoms with E-state index in [-0.39, 0.29) is 24.1 Å². The predicted octanol–water partition coefficient (Wildman–Crippen LogP) is 4.29. The lowest BCUT2D eigenvalue weighted by atomic mass is 10.2. The standard InChI is InChI=1S/C25H28IN5O4S/c1-5-31-22(14-27-23(32)11-7-17-6-10-20(34-3)21(13-17)35-4)29-30-25(31)36-15-24(33)28-19-9-8-18(26)12-16(19)2/h6-13H,5,14-15H2,1-4H3,(H,27,32)(H,28,33)/b11-7+. The molecule has 0 saturated heterocycles. The van der Waals surface area contributed by atoms with Crippen molar-refractivity contribution in [1.82, 2.24) is 20.1 Å². The fourth-order valence-corrected chi connectivity index (χ4v) is 4.78. The van der Waals surface area contributed by atoms with Gasteiger partial charge >= 0.3 is 0 Å². The van der Waals surface area contributed by atoms with Crippen molar-refractivity contribution >= 4 is 57.9 Å². The van der Waals surface area contributed by atoms with E-state index in [2.05, 4.69) is 43.4 Å². The second-order valence-electron chi connectivity index (χ2n) is 7.60. The van der Waals surface area contributed by atoms with Crippen molar-refractivity contribution in [3.8, 4) is 11.5 Å². The predicted molar refractivity (Wildman–Crippen MR) is 149 cm³/mol. The summed E-state index contributed by atoms with van der Waals surface area (Å²) in [4.78, 5) is 24.8. The first-order valence-electron chi connectivity index (χ1n) is 11.1. The molecule has 190 valence electrons. The number of rotatable bonds is 11. The summed E-state index contributed by atoms with van der Waals surface area (Å²) in [5, 5.41) is 14.8. The van der Waals surface area contributed by atoms with E-state index in [4.69, 9.17) is 9.47 Å². The summed E-state index contributed by atoms with van der Waals surface area (Å²) in [5.74, 6) is 1.63. The Balaban J connectivity index is 1.54. The van der Waals surface area contributed by atoms with Gasteiger partial charge in [-0.2, -0.15) is 0 Å². The SMILES string of the molecule is CCn1c(CNC(=O)/C=C/c2ccc(OC)c(OC)c2)nnc1SCC(=O)Nc1ccc(I)cc1C. The van der Waals surface area contributed by atoms with Crippen LogP contribution in [0.2, 0.25) is 0 Å². The largest absolute Gasteiger partial charge is 0.493 e. The highest BCUT2D eigenvalue weighted by molar-refractivity contribution is 14.1. The Morgan fingerprint density at radius 2 is 1.89 bits per heavy atom. The monoisotopic (exact) mass is 621 g/mol. The van der Waals surface area contributed by atoms with Crippen LogP contribution in [0, 0.1) is 10.5 Å². The van der Waals surface area contributed by atoms with Gasteiger partial charge in [-0.1, -0.05) is 17.8 Å². The third-order valence-corrected chi connectivity index (χ3v) is 6.80. The van der Waals surface area contributed by atoms with E-state index in [0.29, 0.717) is 29.0 Å². The van der Waals surface area contributed by atoms with Gasteiger partial charge < -0.3 is 24.7 Å². The van der Waals surface area contributed by atoms with E-state index in [1.54, 1.807) is 32.4 Å². The molecule has 0 saturated carbocycles. The molecule has 0 unspecified atom stereocenters. The Hall–Kier alpha value is -3.06. The van der Waals surface area contributed by atoms with Gasteiger partial charge in [-0.15, -0.1) is 10.2 Å². The van der Waals surface area contributed by atoms with Crippen LogP contribution in [0.1, 0.15) is 23.9 Å². The molecule has 11 heteroatoms. The highest BCUT2D eigenvalue weighted by Crippen LogP contribution is 2.28. The smallest absolute Gasteiger partial charge is 0.244 e. The Morgan fingerprint density at radius 3 is 2.58 bits per heavy atom. The van der Waals surface area contributed by atoms with Gasteiger partial charge in [-0.3, -0.25) is 9.59 Å². The Kier molecular flexibility index (Phi) is 10.2. The third-order valence-electron chi connectivity index (χ3n) is 5.16. The zero-order chi connectivity index (χ0) is 26.1.